The number of carboxylic acids is 1. The molecule has 1 aromatic carbocycles. The zero-order valence-corrected chi connectivity index (χ0v) is 12.5. The quantitative estimate of drug-likeness (QED) is 0.923. The van der Waals surface area contributed by atoms with Crippen LogP contribution in [0.2, 0.25) is 0 Å². The molecule has 0 aromatic heterocycles. The fourth-order valence-corrected chi connectivity index (χ4v) is 2.67. The third-order valence-corrected chi connectivity index (χ3v) is 3.70. The Morgan fingerprint density at radius 1 is 1.33 bits per heavy atom. The molecular formula is C16H21NO4. The largest absolute Gasteiger partial charge is 0.478 e. The molecule has 2 rings (SSSR count). The van der Waals surface area contributed by atoms with Crippen LogP contribution in [0, 0.1) is 12.8 Å². The van der Waals surface area contributed by atoms with Crippen molar-refractivity contribution in [3.63, 3.8) is 0 Å². The molecule has 114 valence electrons. The number of nitrogens with zero attached hydrogens (tertiary/aromatic N) is 1. The van der Waals surface area contributed by atoms with E-state index in [1.54, 1.807) is 31.0 Å². The van der Waals surface area contributed by atoms with Gasteiger partial charge in [0.2, 0.25) is 0 Å². The molecule has 1 atom stereocenters. The molecule has 1 unspecified atom stereocenters. The molecule has 5 nitrogen and oxygen atoms in total. The van der Waals surface area contributed by atoms with E-state index in [4.69, 9.17) is 9.84 Å². The van der Waals surface area contributed by atoms with Gasteiger partial charge >= 0.3 is 5.97 Å². The van der Waals surface area contributed by atoms with E-state index in [1.807, 2.05) is 0 Å². The van der Waals surface area contributed by atoms with Crippen LogP contribution in [0.5, 0.6) is 0 Å². The van der Waals surface area contributed by atoms with Gasteiger partial charge in [0.05, 0.1) is 12.2 Å². The number of hydrogen-bond donors (Lipinski definition) is 1. The van der Waals surface area contributed by atoms with Gasteiger partial charge in [0.25, 0.3) is 5.91 Å². The van der Waals surface area contributed by atoms with Crippen LogP contribution in [0.3, 0.4) is 0 Å². The lowest BCUT2D eigenvalue weighted by Gasteiger charge is -2.27. The molecule has 1 saturated heterocycles. The van der Waals surface area contributed by atoms with Crippen molar-refractivity contribution in [2.24, 2.45) is 5.92 Å². The normalized spacial score (nSPS) is 18.3. The second kappa shape index (κ2) is 6.72. The molecule has 1 fully saturated rings. The molecule has 0 radical (unpaired) electrons. The van der Waals surface area contributed by atoms with Crippen molar-refractivity contribution in [1.29, 1.82) is 0 Å². The van der Waals surface area contributed by atoms with Crippen molar-refractivity contribution in [2.45, 2.75) is 19.8 Å². The zero-order valence-electron chi connectivity index (χ0n) is 12.5. The average molecular weight is 291 g/mol. The van der Waals surface area contributed by atoms with Gasteiger partial charge in [-0.3, -0.25) is 4.79 Å². The Labute approximate surface area is 124 Å². The maximum absolute atomic E-state index is 12.4. The molecule has 0 bridgehead atoms. The first-order valence-electron chi connectivity index (χ1n) is 7.15. The topological polar surface area (TPSA) is 66.8 Å². The van der Waals surface area contributed by atoms with E-state index in [2.05, 4.69) is 0 Å². The molecule has 1 N–H and O–H groups in total. The zero-order chi connectivity index (χ0) is 15.4. The first kappa shape index (κ1) is 15.5. The fraction of sp³-hybridized carbons (Fsp3) is 0.500. The third kappa shape index (κ3) is 4.04. The lowest BCUT2D eigenvalue weighted by Crippen LogP contribution is -2.35. The van der Waals surface area contributed by atoms with Crippen molar-refractivity contribution >= 4 is 11.9 Å². The van der Waals surface area contributed by atoms with Crippen LogP contribution in [0.4, 0.5) is 0 Å². The maximum atomic E-state index is 12.4. The summed E-state index contributed by atoms with van der Waals surface area (Å²) < 4.78 is 5.42. The van der Waals surface area contributed by atoms with Crippen LogP contribution in [-0.2, 0) is 4.74 Å². The highest BCUT2D eigenvalue weighted by Gasteiger charge is 2.20. The van der Waals surface area contributed by atoms with Crippen LogP contribution in [0.25, 0.3) is 0 Å². The lowest BCUT2D eigenvalue weighted by atomic mass is 10.0. The van der Waals surface area contributed by atoms with E-state index < -0.39 is 5.97 Å². The minimum absolute atomic E-state index is 0.146. The molecule has 1 heterocycles. The van der Waals surface area contributed by atoms with Crippen molar-refractivity contribution in [3.05, 3.63) is 34.9 Å². The van der Waals surface area contributed by atoms with E-state index in [-0.39, 0.29) is 11.5 Å². The highest BCUT2D eigenvalue weighted by molar-refractivity contribution is 5.97. The van der Waals surface area contributed by atoms with Crippen LogP contribution in [0.1, 0.15) is 39.1 Å². The van der Waals surface area contributed by atoms with Gasteiger partial charge < -0.3 is 14.7 Å². The predicted molar refractivity (Wildman–Crippen MR) is 78.6 cm³/mol. The van der Waals surface area contributed by atoms with Gasteiger partial charge in [-0.25, -0.2) is 4.79 Å². The first-order chi connectivity index (χ1) is 9.97. The number of rotatable bonds is 4. The molecule has 1 amide bonds. The van der Waals surface area contributed by atoms with E-state index in [0.717, 1.165) is 25.0 Å². The summed E-state index contributed by atoms with van der Waals surface area (Å²) in [6.07, 6.45) is 2.09. The highest BCUT2D eigenvalue weighted by Crippen LogP contribution is 2.17. The number of aromatic carboxylic acids is 1. The third-order valence-electron chi connectivity index (χ3n) is 3.70. The van der Waals surface area contributed by atoms with Gasteiger partial charge in [0.1, 0.15) is 0 Å². The number of hydrogen-bond acceptors (Lipinski definition) is 3. The van der Waals surface area contributed by atoms with Gasteiger partial charge in [-0.05, 0) is 49.4 Å². The van der Waals surface area contributed by atoms with E-state index >= 15 is 0 Å². The summed E-state index contributed by atoms with van der Waals surface area (Å²) in [5.74, 6) is -0.806. The fourth-order valence-electron chi connectivity index (χ4n) is 2.67. The highest BCUT2D eigenvalue weighted by atomic mass is 16.5. The first-order valence-corrected chi connectivity index (χ1v) is 7.15. The Morgan fingerprint density at radius 2 is 2.05 bits per heavy atom. The second-order valence-corrected chi connectivity index (χ2v) is 5.66. The summed E-state index contributed by atoms with van der Waals surface area (Å²) in [5, 5.41) is 9.07. The molecule has 0 spiro atoms. The molecule has 1 aromatic rings. The van der Waals surface area contributed by atoms with Gasteiger partial charge in [0.15, 0.2) is 0 Å². The van der Waals surface area contributed by atoms with E-state index in [9.17, 15) is 9.59 Å². The second-order valence-electron chi connectivity index (χ2n) is 5.66. The molecule has 1 aliphatic rings. The van der Waals surface area contributed by atoms with Gasteiger partial charge in [-0.2, -0.15) is 0 Å². The Balaban J connectivity index is 2.09. The number of carbonyl (C=O) groups is 2. The molecule has 1 aliphatic heterocycles. The Kier molecular flexibility index (Phi) is 4.96. The van der Waals surface area contributed by atoms with Crippen LogP contribution >= 0.6 is 0 Å². The monoisotopic (exact) mass is 291 g/mol. The van der Waals surface area contributed by atoms with Crippen molar-refractivity contribution in [1.82, 2.24) is 4.90 Å². The number of aryl methyl sites for hydroxylation is 1. The standard InChI is InChI=1S/C16H21NO4/c1-11-6-13(8-14(7-11)16(19)20)15(18)17(2)9-12-4-3-5-21-10-12/h6-8,12H,3-5,9-10H2,1-2H3,(H,19,20). The van der Waals surface area contributed by atoms with Crippen LogP contribution in [0.15, 0.2) is 18.2 Å². The molecule has 0 saturated carbocycles. The van der Waals surface area contributed by atoms with Gasteiger partial charge in [0, 0.05) is 25.8 Å². The Hall–Kier alpha value is -1.88. The van der Waals surface area contributed by atoms with E-state index in [1.165, 1.54) is 6.07 Å². The summed E-state index contributed by atoms with van der Waals surface area (Å²) in [6, 6.07) is 4.72. The SMILES string of the molecule is Cc1cc(C(=O)O)cc(C(=O)N(C)CC2CCCOC2)c1. The number of carboxylic acid groups (broad SMARTS) is 1. The predicted octanol–water partition coefficient (Wildman–Crippen LogP) is 2.19. The Morgan fingerprint density at radius 3 is 2.67 bits per heavy atom. The van der Waals surface area contributed by atoms with Crippen molar-refractivity contribution < 1.29 is 19.4 Å². The number of carbonyl (C=O) groups excluding carboxylic acids is 1. The summed E-state index contributed by atoms with van der Waals surface area (Å²) in [5.41, 5.74) is 1.34. The molecule has 5 heteroatoms. The van der Waals surface area contributed by atoms with Crippen LogP contribution < -0.4 is 0 Å². The molecule has 0 aliphatic carbocycles. The molecule has 21 heavy (non-hydrogen) atoms. The van der Waals surface area contributed by atoms with Gasteiger partial charge in [-0.15, -0.1) is 0 Å². The smallest absolute Gasteiger partial charge is 0.335 e. The lowest BCUT2D eigenvalue weighted by molar-refractivity contribution is 0.0388. The van der Waals surface area contributed by atoms with Crippen molar-refractivity contribution in [3.8, 4) is 0 Å². The minimum atomic E-state index is -1.02. The van der Waals surface area contributed by atoms with Crippen LogP contribution in [-0.4, -0.2) is 48.7 Å². The number of benzene rings is 1. The summed E-state index contributed by atoms with van der Waals surface area (Å²) >= 11 is 0. The summed E-state index contributed by atoms with van der Waals surface area (Å²) in [6.45, 7) is 3.91. The Bertz CT molecular complexity index is 535. The van der Waals surface area contributed by atoms with Crippen molar-refractivity contribution in [2.75, 3.05) is 26.8 Å². The average Bonchev–Trinajstić information content (AvgIpc) is 2.46. The number of amides is 1. The van der Waals surface area contributed by atoms with E-state index in [0.29, 0.717) is 24.6 Å². The van der Waals surface area contributed by atoms with Gasteiger partial charge in [-0.1, -0.05) is 0 Å². The number of ether oxygens (including phenoxy) is 1. The maximum Gasteiger partial charge on any atom is 0.335 e. The summed E-state index contributed by atoms with van der Waals surface area (Å²) in [7, 11) is 1.75. The minimum Gasteiger partial charge on any atom is -0.478 e. The molecular weight excluding hydrogens is 270 g/mol. The summed E-state index contributed by atoms with van der Waals surface area (Å²) in [4.78, 5) is 25.2.